The third kappa shape index (κ3) is 7.15. The van der Waals surface area contributed by atoms with E-state index in [1.165, 1.54) is 19.1 Å². The number of hydrogen-bond donors (Lipinski definition) is 0. The lowest BCUT2D eigenvalue weighted by Gasteiger charge is -2.31. The number of methoxy groups -OCH3 is 2. The van der Waals surface area contributed by atoms with Gasteiger partial charge in [-0.15, -0.1) is 11.8 Å². The predicted molar refractivity (Wildman–Crippen MR) is 147 cm³/mol. The van der Waals surface area contributed by atoms with E-state index in [1.54, 1.807) is 23.9 Å². The molecule has 196 valence electrons. The second-order valence-electron chi connectivity index (χ2n) is 8.50. The van der Waals surface area contributed by atoms with Crippen LogP contribution in [0.1, 0.15) is 33.2 Å². The van der Waals surface area contributed by atoms with Gasteiger partial charge in [-0.05, 0) is 25.3 Å². The van der Waals surface area contributed by atoms with Crippen LogP contribution in [0, 0.1) is 0 Å². The zero-order chi connectivity index (χ0) is 26.7. The molecule has 1 atom stereocenters. The van der Waals surface area contributed by atoms with Gasteiger partial charge >= 0.3 is 0 Å². The summed E-state index contributed by atoms with van der Waals surface area (Å²) in [6.45, 7) is 5.12. The van der Waals surface area contributed by atoms with Crippen LogP contribution in [0.2, 0.25) is 0 Å². The molecule has 7 heteroatoms. The quantitative estimate of drug-likeness (QED) is 0.214. The Balaban J connectivity index is 0.000000206. The average Bonchev–Trinajstić information content (AvgIpc) is 2.99. The van der Waals surface area contributed by atoms with Crippen molar-refractivity contribution in [3.05, 3.63) is 102 Å². The first kappa shape index (κ1) is 28.8. The van der Waals surface area contributed by atoms with Crippen molar-refractivity contribution in [2.75, 3.05) is 46.8 Å². The number of thioether (sulfide) groups is 1. The predicted octanol–water partition coefficient (Wildman–Crippen LogP) is 5.33. The Hall–Kier alpha value is -2.81. The molecule has 1 saturated heterocycles. The highest BCUT2D eigenvalue weighted by Gasteiger charge is 2.41. The SMILES string of the molecule is COC(OC)(C(=O)c1ccccc1)c1ccccc1.CSc1ccc(C(=O)C(C)N2CCOCC2)cc1. The number of ketones is 2. The number of Topliss-reactive ketones (excluding diaryl/α,β-unsaturated/α-hetero) is 2. The summed E-state index contributed by atoms with van der Waals surface area (Å²) in [5.74, 6) is -1.42. The first-order valence-electron chi connectivity index (χ1n) is 12.2. The summed E-state index contributed by atoms with van der Waals surface area (Å²) in [5.41, 5.74) is 2.02. The highest BCUT2D eigenvalue weighted by molar-refractivity contribution is 7.98. The van der Waals surface area contributed by atoms with E-state index in [0.717, 1.165) is 31.9 Å². The lowest BCUT2D eigenvalue weighted by molar-refractivity contribution is -0.176. The molecule has 3 aromatic carbocycles. The Morgan fingerprint density at radius 2 is 1.38 bits per heavy atom. The van der Waals surface area contributed by atoms with Gasteiger partial charge in [0.25, 0.3) is 5.79 Å². The fraction of sp³-hybridized carbons (Fsp3) is 0.333. The third-order valence-corrected chi connectivity index (χ3v) is 7.15. The number of hydrogen-bond acceptors (Lipinski definition) is 7. The van der Waals surface area contributed by atoms with Crippen LogP contribution in [-0.2, 0) is 20.0 Å². The summed E-state index contributed by atoms with van der Waals surface area (Å²) in [7, 11) is 2.94. The maximum atomic E-state index is 12.7. The summed E-state index contributed by atoms with van der Waals surface area (Å²) in [6, 6.07) is 26.0. The lowest BCUT2D eigenvalue weighted by Crippen LogP contribution is -2.45. The number of rotatable bonds is 9. The minimum Gasteiger partial charge on any atom is -0.379 e. The number of benzene rings is 3. The van der Waals surface area contributed by atoms with Crippen molar-refractivity contribution >= 4 is 23.3 Å². The zero-order valence-corrected chi connectivity index (χ0v) is 22.7. The third-order valence-electron chi connectivity index (χ3n) is 6.41. The minimum absolute atomic E-state index is 0.0611. The normalized spacial score (nSPS) is 14.8. The largest absolute Gasteiger partial charge is 0.379 e. The molecule has 0 aliphatic carbocycles. The lowest BCUT2D eigenvalue weighted by atomic mass is 9.96. The molecule has 1 heterocycles. The van der Waals surface area contributed by atoms with Gasteiger partial charge in [0.1, 0.15) is 0 Å². The zero-order valence-electron chi connectivity index (χ0n) is 21.9. The molecule has 0 bridgehead atoms. The molecule has 1 aliphatic rings. The second-order valence-corrected chi connectivity index (χ2v) is 9.38. The van der Waals surface area contributed by atoms with E-state index < -0.39 is 5.79 Å². The molecule has 4 rings (SSSR count). The van der Waals surface area contributed by atoms with Crippen molar-refractivity contribution in [1.82, 2.24) is 4.90 Å². The van der Waals surface area contributed by atoms with Gasteiger partial charge in [-0.25, -0.2) is 0 Å². The molecule has 1 aliphatic heterocycles. The fourth-order valence-corrected chi connectivity index (χ4v) is 4.61. The maximum absolute atomic E-state index is 12.7. The summed E-state index contributed by atoms with van der Waals surface area (Å²) in [6.07, 6.45) is 2.03. The monoisotopic (exact) mass is 521 g/mol. The van der Waals surface area contributed by atoms with Gasteiger partial charge in [0, 0.05) is 48.9 Å². The molecule has 37 heavy (non-hydrogen) atoms. The molecule has 0 N–H and O–H groups in total. The molecule has 0 spiro atoms. The minimum atomic E-state index is -1.40. The highest BCUT2D eigenvalue weighted by atomic mass is 32.2. The number of ether oxygens (including phenoxy) is 3. The van der Waals surface area contributed by atoms with Crippen LogP contribution in [0.5, 0.6) is 0 Å². The van der Waals surface area contributed by atoms with Crippen LogP contribution in [-0.4, -0.2) is 69.3 Å². The topological polar surface area (TPSA) is 65.1 Å². The second kappa shape index (κ2) is 14.2. The van der Waals surface area contributed by atoms with Crippen LogP contribution in [0.25, 0.3) is 0 Å². The summed E-state index contributed by atoms with van der Waals surface area (Å²) in [5, 5.41) is 0. The Morgan fingerprint density at radius 3 is 1.89 bits per heavy atom. The fourth-order valence-electron chi connectivity index (χ4n) is 4.20. The summed E-state index contributed by atoms with van der Waals surface area (Å²) >= 11 is 1.69. The van der Waals surface area contributed by atoms with Crippen molar-refractivity contribution < 1.29 is 23.8 Å². The first-order valence-corrected chi connectivity index (χ1v) is 13.4. The van der Waals surface area contributed by atoms with Gasteiger partial charge < -0.3 is 14.2 Å². The van der Waals surface area contributed by atoms with Crippen LogP contribution in [0.4, 0.5) is 0 Å². The summed E-state index contributed by atoms with van der Waals surface area (Å²) < 4.78 is 16.1. The van der Waals surface area contributed by atoms with E-state index in [1.807, 2.05) is 86.0 Å². The molecule has 0 radical (unpaired) electrons. The Bertz CT molecular complexity index is 1110. The molecule has 0 aromatic heterocycles. The van der Waals surface area contributed by atoms with E-state index >= 15 is 0 Å². The van der Waals surface area contributed by atoms with Gasteiger partial charge in [0.05, 0.1) is 19.3 Å². The molecular weight excluding hydrogens is 486 g/mol. The van der Waals surface area contributed by atoms with Gasteiger partial charge in [-0.2, -0.15) is 0 Å². The van der Waals surface area contributed by atoms with Gasteiger partial charge in [0.15, 0.2) is 5.78 Å². The highest BCUT2D eigenvalue weighted by Crippen LogP contribution is 2.30. The van der Waals surface area contributed by atoms with Crippen LogP contribution in [0.3, 0.4) is 0 Å². The number of carbonyl (C=O) groups excluding carboxylic acids is 2. The molecule has 1 unspecified atom stereocenters. The van der Waals surface area contributed by atoms with E-state index in [4.69, 9.17) is 14.2 Å². The molecule has 0 saturated carbocycles. The Kier molecular flexibility index (Phi) is 11.0. The Labute approximate surface area is 223 Å². The van der Waals surface area contributed by atoms with Crippen molar-refractivity contribution in [3.8, 4) is 0 Å². The standard InChI is InChI=1S/C16H16O3.C14H19NO2S/c1-18-16(19-2,14-11-7-4-8-12-14)15(17)13-9-5-3-6-10-13;1-11(15-7-9-17-10-8-15)14(16)12-3-5-13(18-2)6-4-12/h3-12H,1-2H3;3-6,11H,7-10H2,1-2H3. The van der Waals surface area contributed by atoms with E-state index in [-0.39, 0.29) is 17.6 Å². The molecule has 3 aromatic rings. The average molecular weight is 522 g/mol. The van der Waals surface area contributed by atoms with Crippen molar-refractivity contribution in [2.45, 2.75) is 23.6 Å². The van der Waals surface area contributed by atoms with Gasteiger partial charge in [-0.3, -0.25) is 14.5 Å². The van der Waals surface area contributed by atoms with Crippen LogP contribution < -0.4 is 0 Å². The number of nitrogens with zero attached hydrogens (tertiary/aromatic N) is 1. The van der Waals surface area contributed by atoms with Gasteiger partial charge in [0.2, 0.25) is 5.78 Å². The molecule has 0 amide bonds. The smallest absolute Gasteiger partial charge is 0.260 e. The van der Waals surface area contributed by atoms with Crippen LogP contribution in [0.15, 0.2) is 89.8 Å². The summed E-state index contributed by atoms with van der Waals surface area (Å²) in [4.78, 5) is 28.4. The number of carbonyl (C=O) groups is 2. The maximum Gasteiger partial charge on any atom is 0.260 e. The van der Waals surface area contributed by atoms with Crippen molar-refractivity contribution in [1.29, 1.82) is 0 Å². The van der Waals surface area contributed by atoms with Crippen molar-refractivity contribution in [2.24, 2.45) is 0 Å². The van der Waals surface area contributed by atoms with E-state index in [0.29, 0.717) is 11.1 Å². The molecular formula is C30H35NO5S. The van der Waals surface area contributed by atoms with Crippen LogP contribution >= 0.6 is 11.8 Å². The van der Waals surface area contributed by atoms with Crippen molar-refractivity contribution in [3.63, 3.8) is 0 Å². The molecule has 6 nitrogen and oxygen atoms in total. The first-order chi connectivity index (χ1) is 18.0. The van der Waals surface area contributed by atoms with E-state index in [2.05, 4.69) is 4.90 Å². The van der Waals surface area contributed by atoms with E-state index in [9.17, 15) is 9.59 Å². The molecule has 1 fully saturated rings. The van der Waals surface area contributed by atoms with Gasteiger partial charge in [-0.1, -0.05) is 72.8 Å². The Morgan fingerprint density at radius 1 is 0.838 bits per heavy atom. The number of morpholine rings is 1.